The molecule has 1 aromatic heterocycles. The molecule has 0 saturated heterocycles. The van der Waals surface area contributed by atoms with E-state index in [1.54, 1.807) is 0 Å². The van der Waals surface area contributed by atoms with Crippen LogP contribution in [0, 0.1) is 6.92 Å². The third-order valence-electron chi connectivity index (χ3n) is 6.80. The molecule has 3 N–H and O–H groups in total. The largest absolute Gasteiger partial charge is 0.489 e. The average Bonchev–Trinajstić information content (AvgIpc) is 3.31. The first-order valence-electron chi connectivity index (χ1n) is 12.8. The van der Waals surface area contributed by atoms with Crippen LogP contribution in [0.15, 0.2) is 95.4 Å². The predicted octanol–water partition coefficient (Wildman–Crippen LogP) is 6.28. The fourth-order valence-electron chi connectivity index (χ4n) is 4.81. The van der Waals surface area contributed by atoms with Crippen LogP contribution in [0.1, 0.15) is 28.7 Å². The Labute approximate surface area is 222 Å². The summed E-state index contributed by atoms with van der Waals surface area (Å²) in [7, 11) is 0. The van der Waals surface area contributed by atoms with Crippen molar-refractivity contribution in [3.05, 3.63) is 113 Å². The van der Waals surface area contributed by atoms with Crippen molar-refractivity contribution in [2.45, 2.75) is 39.1 Å². The van der Waals surface area contributed by atoms with E-state index in [1.807, 2.05) is 48.5 Å². The minimum atomic E-state index is -0.994. The number of carbonyl (C=O) groups is 1. The molecule has 1 atom stereocenters. The third-order valence-corrected chi connectivity index (χ3v) is 6.80. The molecule has 0 aliphatic carbocycles. The molecule has 194 valence electrons. The maximum Gasteiger partial charge on any atom is 0.320 e. The van der Waals surface area contributed by atoms with Crippen LogP contribution < -0.4 is 10.5 Å². The van der Waals surface area contributed by atoms with E-state index in [4.69, 9.17) is 14.9 Å². The van der Waals surface area contributed by atoms with Gasteiger partial charge >= 0.3 is 5.97 Å². The van der Waals surface area contributed by atoms with Crippen LogP contribution in [0.3, 0.4) is 0 Å². The van der Waals surface area contributed by atoms with Crippen LogP contribution in [0.4, 0.5) is 0 Å². The van der Waals surface area contributed by atoms with Gasteiger partial charge in [-0.05, 0) is 31.0 Å². The number of aliphatic carboxylic acids is 1. The average molecular weight is 509 g/mol. The highest BCUT2D eigenvalue weighted by molar-refractivity contribution is 6.05. The minimum absolute atomic E-state index is 0.331. The fourth-order valence-corrected chi connectivity index (χ4v) is 4.81. The quantitative estimate of drug-likeness (QED) is 0.218. The molecule has 0 spiro atoms. The summed E-state index contributed by atoms with van der Waals surface area (Å²) < 4.78 is 12.5. The van der Waals surface area contributed by atoms with Gasteiger partial charge in [0.15, 0.2) is 0 Å². The number of para-hydroxylation sites is 3. The van der Waals surface area contributed by atoms with E-state index in [0.29, 0.717) is 32.7 Å². The molecule has 0 saturated carbocycles. The Bertz CT molecular complexity index is 1560. The normalized spacial score (nSPS) is 12.3. The first-order chi connectivity index (χ1) is 18.5. The number of rotatable bonds is 11. The summed E-state index contributed by atoms with van der Waals surface area (Å²) in [6.45, 7) is 4.21. The lowest BCUT2D eigenvalue weighted by molar-refractivity contribution is -0.138. The second-order valence-corrected chi connectivity index (χ2v) is 9.72. The molecule has 1 unspecified atom stereocenters. The number of fused-ring (bicyclic) bond motifs is 3. The van der Waals surface area contributed by atoms with E-state index < -0.39 is 12.0 Å². The van der Waals surface area contributed by atoms with Crippen molar-refractivity contribution >= 4 is 27.9 Å². The molecule has 0 radical (unpaired) electrons. The second-order valence-electron chi connectivity index (χ2n) is 9.72. The van der Waals surface area contributed by atoms with Gasteiger partial charge in [0.25, 0.3) is 0 Å². The summed E-state index contributed by atoms with van der Waals surface area (Å²) in [5, 5.41) is 11.5. The van der Waals surface area contributed by atoms with Gasteiger partial charge in [-0.3, -0.25) is 9.69 Å². The van der Waals surface area contributed by atoms with Crippen LogP contribution in [0.5, 0.6) is 5.75 Å². The van der Waals surface area contributed by atoms with Gasteiger partial charge < -0.3 is 20.0 Å². The highest BCUT2D eigenvalue weighted by Crippen LogP contribution is 2.32. The number of nitrogens with two attached hydrogens (primary N) is 1. The summed E-state index contributed by atoms with van der Waals surface area (Å²) in [5.74, 6) is -0.185. The molecule has 5 aromatic rings. The van der Waals surface area contributed by atoms with Gasteiger partial charge in [-0.15, -0.1) is 0 Å². The predicted molar refractivity (Wildman–Crippen MR) is 150 cm³/mol. The molecule has 6 nitrogen and oxygen atoms in total. The first kappa shape index (κ1) is 25.5. The van der Waals surface area contributed by atoms with E-state index in [1.165, 1.54) is 5.56 Å². The molecule has 5 rings (SSSR count). The molecule has 0 aliphatic rings. The summed E-state index contributed by atoms with van der Waals surface area (Å²) in [6, 6.07) is 29.6. The summed E-state index contributed by atoms with van der Waals surface area (Å²) in [5.41, 5.74) is 12.0. The SMILES string of the molecule is Cc1cccc(COc2ccccc2CN(CCC(N)C(=O)O)Cc2cccc3c2oc2ccccc23)c1. The highest BCUT2D eigenvalue weighted by atomic mass is 16.5. The number of furan rings is 1. The molecule has 6 heteroatoms. The zero-order valence-electron chi connectivity index (χ0n) is 21.5. The van der Waals surface area contributed by atoms with E-state index in [9.17, 15) is 9.90 Å². The topological polar surface area (TPSA) is 88.9 Å². The number of hydrogen-bond donors (Lipinski definition) is 2. The second kappa shape index (κ2) is 11.5. The van der Waals surface area contributed by atoms with Gasteiger partial charge in [0, 0.05) is 41.5 Å². The van der Waals surface area contributed by atoms with Crippen LogP contribution in [-0.4, -0.2) is 28.6 Å². The van der Waals surface area contributed by atoms with Gasteiger partial charge in [-0.2, -0.15) is 0 Å². The highest BCUT2D eigenvalue weighted by Gasteiger charge is 2.18. The molecule has 0 aliphatic heterocycles. The third kappa shape index (κ3) is 5.88. The molecule has 0 amide bonds. The maximum absolute atomic E-state index is 11.4. The van der Waals surface area contributed by atoms with Crippen LogP contribution in [0.2, 0.25) is 0 Å². The van der Waals surface area contributed by atoms with Gasteiger partial charge in [0.2, 0.25) is 0 Å². The Hall–Kier alpha value is -4.13. The van der Waals surface area contributed by atoms with Crippen molar-refractivity contribution in [3.63, 3.8) is 0 Å². The van der Waals surface area contributed by atoms with E-state index in [-0.39, 0.29) is 0 Å². The fraction of sp³-hybridized carbons (Fsp3) is 0.219. The summed E-state index contributed by atoms with van der Waals surface area (Å²) in [4.78, 5) is 13.6. The van der Waals surface area contributed by atoms with Crippen LogP contribution in [0.25, 0.3) is 21.9 Å². The van der Waals surface area contributed by atoms with Crippen molar-refractivity contribution in [2.24, 2.45) is 5.73 Å². The lowest BCUT2D eigenvalue weighted by atomic mass is 10.1. The molecule has 4 aromatic carbocycles. The van der Waals surface area contributed by atoms with Gasteiger partial charge in [0.1, 0.15) is 29.6 Å². The molecular weight excluding hydrogens is 476 g/mol. The number of aryl methyl sites for hydroxylation is 1. The smallest absolute Gasteiger partial charge is 0.320 e. The lowest BCUT2D eigenvalue weighted by Gasteiger charge is -2.24. The van der Waals surface area contributed by atoms with Crippen LogP contribution >= 0.6 is 0 Å². The first-order valence-corrected chi connectivity index (χ1v) is 12.8. The van der Waals surface area contributed by atoms with Crippen molar-refractivity contribution in [3.8, 4) is 5.75 Å². The zero-order chi connectivity index (χ0) is 26.5. The number of carboxylic acids is 1. The van der Waals surface area contributed by atoms with E-state index >= 15 is 0 Å². The molecule has 38 heavy (non-hydrogen) atoms. The van der Waals surface area contributed by atoms with Crippen molar-refractivity contribution in [2.75, 3.05) is 6.54 Å². The van der Waals surface area contributed by atoms with Crippen molar-refractivity contribution < 1.29 is 19.1 Å². The molecule has 0 fully saturated rings. The van der Waals surface area contributed by atoms with Gasteiger partial charge in [0.05, 0.1) is 0 Å². The number of carboxylic acid groups (broad SMARTS) is 1. The van der Waals surface area contributed by atoms with Crippen LogP contribution in [-0.2, 0) is 24.5 Å². The number of ether oxygens (including phenoxy) is 1. The lowest BCUT2D eigenvalue weighted by Crippen LogP contribution is -2.35. The number of hydrogen-bond acceptors (Lipinski definition) is 5. The Kier molecular flexibility index (Phi) is 7.73. The van der Waals surface area contributed by atoms with E-state index in [0.717, 1.165) is 44.4 Å². The van der Waals surface area contributed by atoms with Gasteiger partial charge in [-0.25, -0.2) is 0 Å². The Morgan fingerprint density at radius 2 is 1.63 bits per heavy atom. The Balaban J connectivity index is 1.41. The molecule has 1 heterocycles. The number of benzene rings is 4. The molecule has 0 bridgehead atoms. The van der Waals surface area contributed by atoms with Crippen molar-refractivity contribution in [1.82, 2.24) is 4.90 Å². The van der Waals surface area contributed by atoms with E-state index in [2.05, 4.69) is 54.3 Å². The van der Waals surface area contributed by atoms with Crippen molar-refractivity contribution in [1.29, 1.82) is 0 Å². The summed E-state index contributed by atoms with van der Waals surface area (Å²) in [6.07, 6.45) is 0.331. The maximum atomic E-state index is 11.4. The number of nitrogens with zero attached hydrogens (tertiary/aromatic N) is 1. The Morgan fingerprint density at radius 1 is 0.921 bits per heavy atom. The Morgan fingerprint density at radius 3 is 2.47 bits per heavy atom. The minimum Gasteiger partial charge on any atom is -0.489 e. The van der Waals surface area contributed by atoms with Gasteiger partial charge in [-0.1, -0.05) is 84.4 Å². The molecular formula is C32H32N2O4. The monoisotopic (exact) mass is 508 g/mol. The standard InChI is InChI=1S/C32H32N2O4/c1-22-8-6-9-23(18-22)21-37-29-14-4-2-10-24(29)19-34(17-16-28(33)32(35)36)20-25-11-7-13-27-26-12-3-5-15-30(26)38-31(25)27/h2-15,18,28H,16-17,19-21,33H2,1H3,(H,35,36). The summed E-state index contributed by atoms with van der Waals surface area (Å²) >= 11 is 0. The zero-order valence-corrected chi connectivity index (χ0v) is 21.5.